The van der Waals surface area contributed by atoms with Crippen LogP contribution >= 0.6 is 11.6 Å². The van der Waals surface area contributed by atoms with E-state index in [0.717, 1.165) is 0 Å². The number of carbonyl (C=O) groups excluding carboxylic acids is 1. The van der Waals surface area contributed by atoms with Crippen LogP contribution in [0.1, 0.15) is 21.5 Å². The highest BCUT2D eigenvalue weighted by Gasteiger charge is 2.21. The van der Waals surface area contributed by atoms with Crippen LogP contribution in [0.15, 0.2) is 48.5 Å². The second-order valence-corrected chi connectivity index (χ2v) is 5.33. The van der Waals surface area contributed by atoms with E-state index in [4.69, 9.17) is 16.9 Å². The molecule has 0 saturated carbocycles. The molecule has 2 aromatic rings. The molecule has 0 spiro atoms. The van der Waals surface area contributed by atoms with Gasteiger partial charge in [-0.1, -0.05) is 29.8 Å². The first kappa shape index (κ1) is 16.5. The van der Waals surface area contributed by atoms with Crippen molar-refractivity contribution in [3.8, 4) is 6.07 Å². The SMILES string of the molecule is N#Cc1cccc(CC(NC(=O)c2cccc(Cl)c2)C(=O)O)c1. The highest BCUT2D eigenvalue weighted by molar-refractivity contribution is 6.31. The Morgan fingerprint density at radius 1 is 1.22 bits per heavy atom. The van der Waals surface area contributed by atoms with Gasteiger partial charge >= 0.3 is 5.97 Å². The van der Waals surface area contributed by atoms with Gasteiger partial charge in [0, 0.05) is 17.0 Å². The third-order valence-corrected chi connectivity index (χ3v) is 3.42. The van der Waals surface area contributed by atoms with E-state index in [1.54, 1.807) is 42.5 Å². The lowest BCUT2D eigenvalue weighted by Crippen LogP contribution is -2.42. The van der Waals surface area contributed by atoms with Crippen molar-refractivity contribution in [2.45, 2.75) is 12.5 Å². The minimum atomic E-state index is -1.15. The van der Waals surface area contributed by atoms with E-state index in [-0.39, 0.29) is 12.0 Å². The van der Waals surface area contributed by atoms with E-state index in [9.17, 15) is 14.7 Å². The zero-order chi connectivity index (χ0) is 16.8. The molecule has 0 saturated heterocycles. The third kappa shape index (κ3) is 4.56. The number of rotatable bonds is 5. The molecular formula is C17H13ClN2O3. The number of nitriles is 1. The molecule has 1 amide bonds. The highest BCUT2D eigenvalue weighted by atomic mass is 35.5. The predicted molar refractivity (Wildman–Crippen MR) is 85.2 cm³/mol. The van der Waals surface area contributed by atoms with Gasteiger partial charge in [-0.3, -0.25) is 4.79 Å². The number of carboxylic acid groups (broad SMARTS) is 1. The molecule has 1 unspecified atom stereocenters. The summed E-state index contributed by atoms with van der Waals surface area (Å²) in [6, 6.07) is 13.8. The number of halogens is 1. The van der Waals surface area contributed by atoms with Crippen LogP contribution in [-0.4, -0.2) is 23.0 Å². The van der Waals surface area contributed by atoms with Crippen LogP contribution in [-0.2, 0) is 11.2 Å². The summed E-state index contributed by atoms with van der Waals surface area (Å²) >= 11 is 5.82. The van der Waals surface area contributed by atoms with Gasteiger partial charge < -0.3 is 10.4 Å². The average molecular weight is 329 g/mol. The maximum atomic E-state index is 12.1. The van der Waals surface area contributed by atoms with Crippen LogP contribution in [0.2, 0.25) is 5.02 Å². The van der Waals surface area contributed by atoms with Crippen molar-refractivity contribution in [3.05, 3.63) is 70.2 Å². The summed E-state index contributed by atoms with van der Waals surface area (Å²) in [6.45, 7) is 0. The van der Waals surface area contributed by atoms with Gasteiger partial charge in [0.25, 0.3) is 5.91 Å². The maximum Gasteiger partial charge on any atom is 0.326 e. The van der Waals surface area contributed by atoms with Crippen molar-refractivity contribution in [1.29, 1.82) is 5.26 Å². The van der Waals surface area contributed by atoms with E-state index < -0.39 is 17.9 Å². The normalized spacial score (nSPS) is 11.3. The fourth-order valence-corrected chi connectivity index (χ4v) is 2.27. The molecule has 0 bridgehead atoms. The fraction of sp³-hybridized carbons (Fsp3) is 0.118. The smallest absolute Gasteiger partial charge is 0.326 e. The van der Waals surface area contributed by atoms with Gasteiger partial charge in [-0.15, -0.1) is 0 Å². The molecule has 0 aromatic heterocycles. The van der Waals surface area contributed by atoms with Crippen LogP contribution in [0.3, 0.4) is 0 Å². The summed E-state index contributed by atoms with van der Waals surface area (Å²) in [5.74, 6) is -1.67. The molecule has 0 radical (unpaired) electrons. The van der Waals surface area contributed by atoms with Crippen molar-refractivity contribution in [1.82, 2.24) is 5.32 Å². The number of hydrogen-bond acceptors (Lipinski definition) is 3. The van der Waals surface area contributed by atoms with Crippen molar-refractivity contribution >= 4 is 23.5 Å². The molecule has 0 aliphatic heterocycles. The number of amides is 1. The number of aliphatic carboxylic acids is 1. The van der Waals surface area contributed by atoms with Crippen molar-refractivity contribution in [2.24, 2.45) is 0 Å². The van der Waals surface area contributed by atoms with Gasteiger partial charge in [0.05, 0.1) is 11.6 Å². The average Bonchev–Trinajstić information content (AvgIpc) is 2.54. The zero-order valence-corrected chi connectivity index (χ0v) is 12.7. The third-order valence-electron chi connectivity index (χ3n) is 3.19. The summed E-state index contributed by atoms with van der Waals surface area (Å²) in [5.41, 5.74) is 1.38. The molecule has 0 heterocycles. The Labute approximate surface area is 138 Å². The van der Waals surface area contributed by atoms with Gasteiger partial charge in [-0.25, -0.2) is 4.79 Å². The number of nitrogens with zero attached hydrogens (tertiary/aromatic N) is 1. The summed E-state index contributed by atoms with van der Waals surface area (Å²) in [7, 11) is 0. The monoisotopic (exact) mass is 328 g/mol. The fourth-order valence-electron chi connectivity index (χ4n) is 2.07. The summed E-state index contributed by atoms with van der Waals surface area (Å²) in [5, 5.41) is 21.0. The second kappa shape index (κ2) is 7.43. The number of carbonyl (C=O) groups is 2. The van der Waals surface area contributed by atoms with E-state index >= 15 is 0 Å². The van der Waals surface area contributed by atoms with E-state index in [2.05, 4.69) is 5.32 Å². The van der Waals surface area contributed by atoms with Crippen LogP contribution in [0.5, 0.6) is 0 Å². The van der Waals surface area contributed by atoms with Crippen LogP contribution in [0, 0.1) is 11.3 Å². The minimum Gasteiger partial charge on any atom is -0.480 e. The first-order chi connectivity index (χ1) is 11.0. The molecule has 2 N–H and O–H groups in total. The van der Waals surface area contributed by atoms with Crippen molar-refractivity contribution in [3.63, 3.8) is 0 Å². The Morgan fingerprint density at radius 3 is 2.61 bits per heavy atom. The van der Waals surface area contributed by atoms with Crippen molar-refractivity contribution in [2.75, 3.05) is 0 Å². The van der Waals surface area contributed by atoms with E-state index in [1.165, 1.54) is 6.07 Å². The van der Waals surface area contributed by atoms with Gasteiger partial charge in [-0.2, -0.15) is 5.26 Å². The highest BCUT2D eigenvalue weighted by Crippen LogP contribution is 2.12. The Morgan fingerprint density at radius 2 is 1.96 bits per heavy atom. The van der Waals surface area contributed by atoms with Gasteiger partial charge in [0.15, 0.2) is 0 Å². The van der Waals surface area contributed by atoms with Gasteiger partial charge in [0.1, 0.15) is 6.04 Å². The molecule has 2 aromatic carbocycles. The minimum absolute atomic E-state index is 0.0805. The predicted octanol–water partition coefficient (Wildman–Crippen LogP) is 2.64. The second-order valence-electron chi connectivity index (χ2n) is 4.89. The molecule has 0 fully saturated rings. The largest absolute Gasteiger partial charge is 0.480 e. The molecule has 116 valence electrons. The first-order valence-corrected chi connectivity index (χ1v) is 7.15. The molecule has 5 nitrogen and oxygen atoms in total. The first-order valence-electron chi connectivity index (χ1n) is 6.78. The standard InChI is InChI=1S/C17H13ClN2O3/c18-14-6-2-5-13(9-14)16(21)20-15(17(22)23)8-11-3-1-4-12(7-11)10-19/h1-7,9,15H,8H2,(H,20,21)(H,22,23). The lowest BCUT2D eigenvalue weighted by Gasteiger charge is -2.15. The quantitative estimate of drug-likeness (QED) is 0.882. The van der Waals surface area contributed by atoms with E-state index in [1.807, 2.05) is 6.07 Å². The molecule has 0 aliphatic carbocycles. The number of nitrogens with one attached hydrogen (secondary N) is 1. The number of carboxylic acids is 1. The van der Waals surface area contributed by atoms with Gasteiger partial charge in [0.2, 0.25) is 0 Å². The summed E-state index contributed by atoms with van der Waals surface area (Å²) < 4.78 is 0. The molecule has 2 rings (SSSR count). The molecule has 23 heavy (non-hydrogen) atoms. The summed E-state index contributed by atoms with van der Waals surface area (Å²) in [6.07, 6.45) is 0.0805. The topological polar surface area (TPSA) is 90.2 Å². The molecule has 6 heteroatoms. The van der Waals surface area contributed by atoms with Gasteiger partial charge in [-0.05, 0) is 35.9 Å². The van der Waals surface area contributed by atoms with Crippen molar-refractivity contribution < 1.29 is 14.7 Å². The van der Waals surface area contributed by atoms with Crippen LogP contribution in [0.25, 0.3) is 0 Å². The summed E-state index contributed by atoms with van der Waals surface area (Å²) in [4.78, 5) is 23.5. The Bertz CT molecular complexity index is 783. The molecule has 0 aliphatic rings. The number of benzene rings is 2. The van der Waals surface area contributed by atoms with Crippen LogP contribution in [0.4, 0.5) is 0 Å². The Kier molecular flexibility index (Phi) is 5.34. The maximum absolute atomic E-state index is 12.1. The number of hydrogen-bond donors (Lipinski definition) is 2. The Balaban J connectivity index is 2.14. The van der Waals surface area contributed by atoms with E-state index in [0.29, 0.717) is 16.1 Å². The molecular weight excluding hydrogens is 316 g/mol. The lowest BCUT2D eigenvalue weighted by molar-refractivity contribution is -0.139. The lowest BCUT2D eigenvalue weighted by atomic mass is 10.0. The van der Waals surface area contributed by atoms with Crippen LogP contribution < -0.4 is 5.32 Å². The zero-order valence-electron chi connectivity index (χ0n) is 12.0. The molecule has 1 atom stereocenters. The Hall–Kier alpha value is -2.84.